The molecule has 0 saturated carbocycles. The fraction of sp³-hybridized carbons (Fsp3) is 0.308. The zero-order valence-electron chi connectivity index (χ0n) is 11.1. The van der Waals surface area contributed by atoms with Crippen LogP contribution in [0.5, 0.6) is 5.75 Å². The van der Waals surface area contributed by atoms with E-state index in [0.717, 1.165) is 11.5 Å². The normalized spacial score (nSPS) is 10.2. The molecule has 2 aromatic rings. The number of ether oxygens (including phenoxy) is 1. The molecule has 0 atom stereocenters. The highest BCUT2D eigenvalue weighted by atomic mass is 32.2. The van der Waals surface area contributed by atoms with Gasteiger partial charge < -0.3 is 4.74 Å². The van der Waals surface area contributed by atoms with Crippen LogP contribution in [0, 0.1) is 0 Å². The molecule has 6 nitrogen and oxygen atoms in total. The van der Waals surface area contributed by atoms with E-state index in [4.69, 9.17) is 4.74 Å². The molecule has 2 N–H and O–H groups in total. The summed E-state index contributed by atoms with van der Waals surface area (Å²) in [5, 5.41) is 9.92. The number of anilines is 1. The van der Waals surface area contributed by atoms with Gasteiger partial charge in [-0.05, 0) is 17.9 Å². The predicted octanol–water partition coefficient (Wildman–Crippen LogP) is 2.32. The summed E-state index contributed by atoms with van der Waals surface area (Å²) in [5.41, 5.74) is 0. The monoisotopic (exact) mass is 292 g/mol. The van der Waals surface area contributed by atoms with E-state index in [1.54, 1.807) is 0 Å². The summed E-state index contributed by atoms with van der Waals surface area (Å²) in [6.07, 6.45) is 0.256. The Hall–Kier alpha value is -2.02. The molecule has 0 aliphatic rings. The van der Waals surface area contributed by atoms with Crippen molar-refractivity contribution in [1.29, 1.82) is 0 Å². The molecule has 0 unspecified atom stereocenters. The second-order valence-corrected chi connectivity index (χ2v) is 5.09. The predicted molar refractivity (Wildman–Crippen MR) is 78.0 cm³/mol. The molecule has 106 valence electrons. The Morgan fingerprint density at radius 2 is 2.20 bits per heavy atom. The first kappa shape index (κ1) is 14.4. The average Bonchev–Trinajstić information content (AvgIpc) is 2.88. The maximum atomic E-state index is 11.7. The molecule has 1 amide bonds. The number of hydrogen-bond donors (Lipinski definition) is 2. The van der Waals surface area contributed by atoms with Gasteiger partial charge in [-0.25, -0.2) is 5.10 Å². The van der Waals surface area contributed by atoms with Crippen LogP contribution in [0.4, 0.5) is 5.95 Å². The minimum atomic E-state index is -0.162. The van der Waals surface area contributed by atoms with Gasteiger partial charge >= 0.3 is 0 Å². The number of carbonyl (C=O) groups excluding carboxylic acids is 1. The Kier molecular flexibility index (Phi) is 5.43. The largest absolute Gasteiger partial charge is 0.493 e. The number of carbonyl (C=O) groups is 1. The highest BCUT2D eigenvalue weighted by Crippen LogP contribution is 2.13. The number of H-pyrrole nitrogens is 1. The number of rotatable bonds is 7. The molecule has 1 aromatic carbocycles. The molecule has 0 fully saturated rings. The Morgan fingerprint density at radius 3 is 2.95 bits per heavy atom. The summed E-state index contributed by atoms with van der Waals surface area (Å²) in [5.74, 6) is 1.84. The van der Waals surface area contributed by atoms with Crippen molar-refractivity contribution in [2.75, 3.05) is 17.7 Å². The number of benzene rings is 1. The van der Waals surface area contributed by atoms with Crippen molar-refractivity contribution >= 4 is 23.6 Å². The van der Waals surface area contributed by atoms with Gasteiger partial charge in [0.1, 0.15) is 5.75 Å². The van der Waals surface area contributed by atoms with Gasteiger partial charge in [0.25, 0.3) is 0 Å². The van der Waals surface area contributed by atoms with E-state index in [-0.39, 0.29) is 12.3 Å². The van der Waals surface area contributed by atoms with Crippen LogP contribution in [0.25, 0.3) is 0 Å². The first-order valence-electron chi connectivity index (χ1n) is 6.31. The lowest BCUT2D eigenvalue weighted by Gasteiger charge is -2.05. The summed E-state index contributed by atoms with van der Waals surface area (Å²) in [6.45, 7) is 2.33. The van der Waals surface area contributed by atoms with Crippen molar-refractivity contribution in [2.24, 2.45) is 0 Å². The third kappa shape index (κ3) is 4.58. The number of amides is 1. The molecule has 1 heterocycles. The molecule has 0 aliphatic carbocycles. The minimum Gasteiger partial charge on any atom is -0.493 e. The lowest BCUT2D eigenvalue weighted by molar-refractivity contribution is -0.116. The van der Waals surface area contributed by atoms with Crippen molar-refractivity contribution in [3.8, 4) is 5.75 Å². The van der Waals surface area contributed by atoms with E-state index in [1.165, 1.54) is 11.8 Å². The first-order valence-corrected chi connectivity index (χ1v) is 7.29. The number of hydrogen-bond acceptors (Lipinski definition) is 5. The van der Waals surface area contributed by atoms with Crippen LogP contribution in [-0.4, -0.2) is 33.4 Å². The maximum Gasteiger partial charge on any atom is 0.230 e. The number of nitrogens with one attached hydrogen (secondary N) is 2. The van der Waals surface area contributed by atoms with Gasteiger partial charge in [0.15, 0.2) is 0 Å². The summed E-state index contributed by atoms with van der Waals surface area (Å²) in [4.78, 5) is 15.8. The Bertz CT molecular complexity index is 544. The zero-order chi connectivity index (χ0) is 14.2. The third-order valence-corrected chi connectivity index (χ3v) is 3.07. The van der Waals surface area contributed by atoms with Crippen LogP contribution >= 0.6 is 11.8 Å². The maximum absolute atomic E-state index is 11.7. The SMILES string of the molecule is CCSc1n[nH]c(NC(=O)CCOc2ccccc2)n1. The Labute approximate surface area is 121 Å². The number of para-hydroxylation sites is 1. The van der Waals surface area contributed by atoms with Crippen LogP contribution in [-0.2, 0) is 4.79 Å². The van der Waals surface area contributed by atoms with E-state index in [1.807, 2.05) is 37.3 Å². The molecule has 0 saturated heterocycles. The van der Waals surface area contributed by atoms with E-state index >= 15 is 0 Å². The second kappa shape index (κ2) is 7.54. The van der Waals surface area contributed by atoms with Crippen LogP contribution in [0.2, 0.25) is 0 Å². The smallest absolute Gasteiger partial charge is 0.230 e. The second-order valence-electron chi connectivity index (χ2n) is 3.86. The fourth-order valence-electron chi connectivity index (χ4n) is 1.47. The fourth-order valence-corrected chi connectivity index (χ4v) is 1.99. The van der Waals surface area contributed by atoms with Gasteiger partial charge in [0.2, 0.25) is 17.0 Å². The molecular weight excluding hydrogens is 276 g/mol. The van der Waals surface area contributed by atoms with Crippen molar-refractivity contribution in [3.63, 3.8) is 0 Å². The number of aromatic nitrogens is 3. The van der Waals surface area contributed by atoms with E-state index in [0.29, 0.717) is 17.7 Å². The van der Waals surface area contributed by atoms with E-state index < -0.39 is 0 Å². The highest BCUT2D eigenvalue weighted by molar-refractivity contribution is 7.99. The van der Waals surface area contributed by atoms with Crippen LogP contribution in [0.15, 0.2) is 35.5 Å². The molecule has 0 spiro atoms. The third-order valence-electron chi connectivity index (χ3n) is 2.34. The van der Waals surface area contributed by atoms with Crippen molar-refractivity contribution in [2.45, 2.75) is 18.5 Å². The van der Waals surface area contributed by atoms with Crippen molar-refractivity contribution in [3.05, 3.63) is 30.3 Å². The van der Waals surface area contributed by atoms with Gasteiger partial charge in [0, 0.05) is 0 Å². The van der Waals surface area contributed by atoms with Gasteiger partial charge in [0.05, 0.1) is 13.0 Å². The Balaban J connectivity index is 1.72. The molecule has 0 bridgehead atoms. The van der Waals surface area contributed by atoms with Gasteiger partial charge in [-0.3, -0.25) is 10.1 Å². The Morgan fingerprint density at radius 1 is 1.40 bits per heavy atom. The van der Waals surface area contributed by atoms with E-state index in [9.17, 15) is 4.79 Å². The molecular formula is C13H16N4O2S. The van der Waals surface area contributed by atoms with Crippen LogP contribution in [0.1, 0.15) is 13.3 Å². The molecule has 7 heteroatoms. The molecule has 2 rings (SSSR count). The summed E-state index contributed by atoms with van der Waals surface area (Å²) >= 11 is 1.51. The van der Waals surface area contributed by atoms with Gasteiger partial charge in [-0.2, -0.15) is 4.98 Å². The van der Waals surface area contributed by atoms with Crippen LogP contribution in [0.3, 0.4) is 0 Å². The minimum absolute atomic E-state index is 0.162. The van der Waals surface area contributed by atoms with Gasteiger partial charge in [-0.1, -0.05) is 36.9 Å². The average molecular weight is 292 g/mol. The molecule has 20 heavy (non-hydrogen) atoms. The highest BCUT2D eigenvalue weighted by Gasteiger charge is 2.07. The summed E-state index contributed by atoms with van der Waals surface area (Å²) in [6, 6.07) is 9.38. The number of nitrogens with zero attached hydrogens (tertiary/aromatic N) is 2. The van der Waals surface area contributed by atoms with Gasteiger partial charge in [-0.15, -0.1) is 5.10 Å². The van der Waals surface area contributed by atoms with Crippen molar-refractivity contribution in [1.82, 2.24) is 15.2 Å². The van der Waals surface area contributed by atoms with Crippen LogP contribution < -0.4 is 10.1 Å². The quantitative estimate of drug-likeness (QED) is 0.766. The lowest BCUT2D eigenvalue weighted by atomic mass is 10.3. The molecule has 0 aliphatic heterocycles. The zero-order valence-corrected chi connectivity index (χ0v) is 11.9. The topological polar surface area (TPSA) is 79.9 Å². The number of aromatic amines is 1. The molecule has 0 radical (unpaired) electrons. The standard InChI is InChI=1S/C13H16N4O2S/c1-2-20-13-15-12(16-17-13)14-11(18)8-9-19-10-6-4-3-5-7-10/h3-7H,2,8-9H2,1H3,(H2,14,15,16,17,18). The summed E-state index contributed by atoms with van der Waals surface area (Å²) in [7, 11) is 0. The summed E-state index contributed by atoms with van der Waals surface area (Å²) < 4.78 is 5.45. The number of thioether (sulfide) groups is 1. The lowest BCUT2D eigenvalue weighted by Crippen LogP contribution is -2.16. The first-order chi connectivity index (χ1) is 9.78. The molecule has 1 aromatic heterocycles. The van der Waals surface area contributed by atoms with E-state index in [2.05, 4.69) is 20.5 Å². The van der Waals surface area contributed by atoms with Crippen molar-refractivity contribution < 1.29 is 9.53 Å².